The molecule has 0 heterocycles. The number of carbonyl (C=O) groups is 1. The topological polar surface area (TPSA) is 58.6 Å². The zero-order valence-corrected chi connectivity index (χ0v) is 14.6. The lowest BCUT2D eigenvalue weighted by Crippen LogP contribution is -2.57. The van der Waals surface area contributed by atoms with Crippen molar-refractivity contribution in [3.05, 3.63) is 59.7 Å². The SMILES string of the molecule is CC(C)(O)C(C)(C)NC(=O)c1ccc(Oc2ccc(F)c(F)c2)cc1. The van der Waals surface area contributed by atoms with E-state index in [1.165, 1.54) is 6.07 Å². The highest BCUT2D eigenvalue weighted by Crippen LogP contribution is 2.24. The van der Waals surface area contributed by atoms with Crippen LogP contribution in [0.3, 0.4) is 0 Å². The van der Waals surface area contributed by atoms with E-state index in [0.29, 0.717) is 11.3 Å². The molecule has 2 N–H and O–H groups in total. The molecule has 25 heavy (non-hydrogen) atoms. The summed E-state index contributed by atoms with van der Waals surface area (Å²) in [5.74, 6) is -1.76. The molecule has 0 atom stereocenters. The van der Waals surface area contributed by atoms with Crippen LogP contribution in [-0.4, -0.2) is 22.2 Å². The van der Waals surface area contributed by atoms with Crippen molar-refractivity contribution in [3.8, 4) is 11.5 Å². The number of aliphatic hydroxyl groups is 1. The van der Waals surface area contributed by atoms with Crippen molar-refractivity contribution in [2.75, 3.05) is 0 Å². The number of hydrogen-bond acceptors (Lipinski definition) is 3. The molecule has 0 bridgehead atoms. The fourth-order valence-electron chi connectivity index (χ4n) is 1.86. The Kier molecular flexibility index (Phi) is 5.13. The standard InChI is InChI=1S/C19H21F2NO3/c1-18(2,19(3,4)24)22-17(23)12-5-7-13(8-6-12)25-14-9-10-15(20)16(21)11-14/h5-11,24H,1-4H3,(H,22,23). The Hall–Kier alpha value is -2.47. The van der Waals surface area contributed by atoms with Gasteiger partial charge in [-0.05, 0) is 64.1 Å². The van der Waals surface area contributed by atoms with E-state index in [0.717, 1.165) is 12.1 Å². The van der Waals surface area contributed by atoms with Gasteiger partial charge in [0.1, 0.15) is 11.5 Å². The van der Waals surface area contributed by atoms with Crippen LogP contribution in [0, 0.1) is 11.6 Å². The van der Waals surface area contributed by atoms with E-state index in [1.54, 1.807) is 52.0 Å². The Bertz CT molecular complexity index is 765. The van der Waals surface area contributed by atoms with E-state index in [9.17, 15) is 18.7 Å². The molecule has 0 aliphatic rings. The fourth-order valence-corrected chi connectivity index (χ4v) is 1.86. The Balaban J connectivity index is 2.09. The average Bonchev–Trinajstić information content (AvgIpc) is 2.50. The minimum absolute atomic E-state index is 0.152. The van der Waals surface area contributed by atoms with E-state index in [-0.39, 0.29) is 11.7 Å². The molecule has 6 heteroatoms. The van der Waals surface area contributed by atoms with E-state index in [4.69, 9.17) is 4.74 Å². The molecule has 0 aromatic heterocycles. The Morgan fingerprint density at radius 3 is 2.04 bits per heavy atom. The number of benzene rings is 2. The van der Waals surface area contributed by atoms with Gasteiger partial charge in [-0.15, -0.1) is 0 Å². The number of carbonyl (C=O) groups excluding carboxylic acids is 1. The van der Waals surface area contributed by atoms with Crippen LogP contribution >= 0.6 is 0 Å². The van der Waals surface area contributed by atoms with Gasteiger partial charge in [0.2, 0.25) is 0 Å². The maximum Gasteiger partial charge on any atom is 0.251 e. The number of hydrogen-bond donors (Lipinski definition) is 2. The Morgan fingerprint density at radius 2 is 1.52 bits per heavy atom. The maximum atomic E-state index is 13.2. The molecule has 2 aromatic rings. The summed E-state index contributed by atoms with van der Waals surface area (Å²) in [5.41, 5.74) is -1.54. The second-order valence-corrected chi connectivity index (χ2v) is 6.84. The number of amides is 1. The summed E-state index contributed by atoms with van der Waals surface area (Å²) in [6, 6.07) is 9.43. The average molecular weight is 349 g/mol. The van der Waals surface area contributed by atoms with Gasteiger partial charge in [0.05, 0.1) is 11.1 Å². The van der Waals surface area contributed by atoms with Crippen molar-refractivity contribution in [2.24, 2.45) is 0 Å². The van der Waals surface area contributed by atoms with Gasteiger partial charge in [-0.2, -0.15) is 0 Å². The molecule has 2 aromatic carbocycles. The summed E-state index contributed by atoms with van der Waals surface area (Å²) in [6.07, 6.45) is 0. The normalized spacial score (nSPS) is 12.0. The molecule has 0 radical (unpaired) electrons. The van der Waals surface area contributed by atoms with Crippen LogP contribution in [0.4, 0.5) is 8.78 Å². The summed E-state index contributed by atoms with van der Waals surface area (Å²) in [7, 11) is 0. The molecule has 0 aliphatic heterocycles. The number of nitrogens with one attached hydrogen (secondary N) is 1. The predicted molar refractivity (Wildman–Crippen MR) is 90.7 cm³/mol. The highest BCUT2D eigenvalue weighted by atomic mass is 19.2. The lowest BCUT2D eigenvalue weighted by atomic mass is 9.86. The highest BCUT2D eigenvalue weighted by Gasteiger charge is 2.36. The second kappa shape index (κ2) is 6.80. The monoisotopic (exact) mass is 349 g/mol. The third kappa shape index (κ3) is 4.54. The zero-order valence-electron chi connectivity index (χ0n) is 14.6. The van der Waals surface area contributed by atoms with Gasteiger partial charge >= 0.3 is 0 Å². The first-order chi connectivity index (χ1) is 11.5. The number of rotatable bonds is 5. The van der Waals surface area contributed by atoms with E-state index >= 15 is 0 Å². The van der Waals surface area contributed by atoms with Crippen LogP contribution in [0.15, 0.2) is 42.5 Å². The van der Waals surface area contributed by atoms with E-state index in [2.05, 4.69) is 5.32 Å². The van der Waals surface area contributed by atoms with Crippen molar-refractivity contribution in [1.29, 1.82) is 0 Å². The van der Waals surface area contributed by atoms with Gasteiger partial charge in [-0.3, -0.25) is 4.79 Å². The van der Waals surface area contributed by atoms with Gasteiger partial charge < -0.3 is 15.2 Å². The van der Waals surface area contributed by atoms with E-state index < -0.39 is 22.8 Å². The minimum Gasteiger partial charge on any atom is -0.457 e. The molecule has 134 valence electrons. The van der Waals surface area contributed by atoms with Gasteiger partial charge in [0.15, 0.2) is 11.6 Å². The Morgan fingerprint density at radius 1 is 0.960 bits per heavy atom. The van der Waals surface area contributed by atoms with Crippen molar-refractivity contribution >= 4 is 5.91 Å². The van der Waals surface area contributed by atoms with Crippen molar-refractivity contribution in [2.45, 2.75) is 38.8 Å². The Labute approximate surface area is 145 Å². The summed E-state index contributed by atoms with van der Waals surface area (Å²) in [4.78, 5) is 12.3. The predicted octanol–water partition coefficient (Wildman–Crippen LogP) is 4.04. The van der Waals surface area contributed by atoms with E-state index in [1.807, 2.05) is 0 Å². The van der Waals surface area contributed by atoms with Gasteiger partial charge in [0.25, 0.3) is 5.91 Å². The highest BCUT2D eigenvalue weighted by molar-refractivity contribution is 5.94. The third-order valence-electron chi connectivity index (χ3n) is 4.20. The van der Waals surface area contributed by atoms with Crippen LogP contribution in [0.2, 0.25) is 0 Å². The van der Waals surface area contributed by atoms with Crippen molar-refractivity contribution in [3.63, 3.8) is 0 Å². The van der Waals surface area contributed by atoms with Crippen LogP contribution in [0.5, 0.6) is 11.5 Å². The summed E-state index contributed by atoms with van der Waals surface area (Å²) in [6.45, 7) is 6.69. The summed E-state index contributed by atoms with van der Waals surface area (Å²) in [5, 5.41) is 12.9. The molecule has 0 aliphatic carbocycles. The molecule has 4 nitrogen and oxygen atoms in total. The molecule has 1 amide bonds. The lowest BCUT2D eigenvalue weighted by molar-refractivity contribution is -0.00292. The molecule has 0 spiro atoms. The smallest absolute Gasteiger partial charge is 0.251 e. The third-order valence-corrected chi connectivity index (χ3v) is 4.20. The quantitative estimate of drug-likeness (QED) is 0.857. The van der Waals surface area contributed by atoms with Crippen LogP contribution in [0.25, 0.3) is 0 Å². The first kappa shape index (κ1) is 18.9. The van der Waals surface area contributed by atoms with Crippen LogP contribution in [0.1, 0.15) is 38.1 Å². The van der Waals surface area contributed by atoms with Crippen LogP contribution < -0.4 is 10.1 Å². The minimum atomic E-state index is -1.10. The maximum absolute atomic E-state index is 13.2. The van der Waals surface area contributed by atoms with Crippen LogP contribution in [-0.2, 0) is 0 Å². The van der Waals surface area contributed by atoms with Gasteiger partial charge in [0, 0.05) is 11.6 Å². The first-order valence-electron chi connectivity index (χ1n) is 7.77. The largest absolute Gasteiger partial charge is 0.457 e. The molecule has 0 saturated carbocycles. The van der Waals surface area contributed by atoms with Crippen molar-refractivity contribution in [1.82, 2.24) is 5.32 Å². The molecule has 0 saturated heterocycles. The molecule has 2 rings (SSSR count). The lowest BCUT2D eigenvalue weighted by Gasteiger charge is -2.38. The molecule has 0 unspecified atom stereocenters. The number of ether oxygens (including phenoxy) is 1. The zero-order chi connectivity index (χ0) is 18.8. The summed E-state index contributed by atoms with van der Waals surface area (Å²) >= 11 is 0. The van der Waals surface area contributed by atoms with Crippen molar-refractivity contribution < 1.29 is 23.4 Å². The fraction of sp³-hybridized carbons (Fsp3) is 0.316. The molecule has 0 fully saturated rings. The number of halogens is 2. The van der Waals surface area contributed by atoms with Gasteiger partial charge in [-0.1, -0.05) is 0 Å². The molecular formula is C19H21F2NO3. The first-order valence-corrected chi connectivity index (χ1v) is 7.77. The molecular weight excluding hydrogens is 328 g/mol. The second-order valence-electron chi connectivity index (χ2n) is 6.84. The summed E-state index contributed by atoms with van der Waals surface area (Å²) < 4.78 is 31.5. The van der Waals surface area contributed by atoms with Gasteiger partial charge in [-0.25, -0.2) is 8.78 Å².